The topological polar surface area (TPSA) is 107 Å². The molecule has 0 bridgehead atoms. The summed E-state index contributed by atoms with van der Waals surface area (Å²) in [7, 11) is 0. The van der Waals surface area contributed by atoms with Gasteiger partial charge in [0.15, 0.2) is 5.16 Å². The lowest BCUT2D eigenvalue weighted by Crippen LogP contribution is -2.07. The van der Waals surface area contributed by atoms with Crippen LogP contribution in [-0.2, 0) is 6.61 Å². The Bertz CT molecular complexity index is 651. The zero-order chi connectivity index (χ0) is 15.2. The number of hydrogen-bond donors (Lipinski definition) is 4. The van der Waals surface area contributed by atoms with Gasteiger partial charge in [0.05, 0.1) is 6.61 Å². The fourth-order valence-electron chi connectivity index (χ4n) is 1.65. The highest BCUT2D eigenvalue weighted by Crippen LogP contribution is 2.23. The number of nitrogens with zero attached hydrogens (tertiary/aromatic N) is 2. The van der Waals surface area contributed by atoms with E-state index >= 15 is 0 Å². The first kappa shape index (κ1) is 15.1. The van der Waals surface area contributed by atoms with Gasteiger partial charge in [-0.3, -0.25) is 5.32 Å². The molecule has 0 atom stereocenters. The van der Waals surface area contributed by atoms with Gasteiger partial charge in [-0.15, -0.1) is 0 Å². The molecule has 0 saturated carbocycles. The Morgan fingerprint density at radius 1 is 1.38 bits per heavy atom. The van der Waals surface area contributed by atoms with Crippen molar-refractivity contribution < 1.29 is 15.0 Å². The summed E-state index contributed by atoms with van der Waals surface area (Å²) in [5.74, 6) is 0.490. The Labute approximate surface area is 125 Å². The highest BCUT2D eigenvalue weighted by atomic mass is 32.2. The number of carboxylic acid groups (broad SMARTS) is 1. The van der Waals surface area contributed by atoms with Crippen molar-refractivity contribution in [1.82, 2.24) is 9.97 Å². The molecule has 0 spiro atoms. The summed E-state index contributed by atoms with van der Waals surface area (Å²) in [6, 6.07) is 6.76. The van der Waals surface area contributed by atoms with Gasteiger partial charge in [0, 0.05) is 23.1 Å². The van der Waals surface area contributed by atoms with Gasteiger partial charge in [0.1, 0.15) is 5.82 Å². The Balaban J connectivity index is 2.26. The fourth-order valence-corrected chi connectivity index (χ4v) is 1.99. The van der Waals surface area contributed by atoms with Gasteiger partial charge in [-0.2, -0.15) is 0 Å². The number of anilines is 3. The first-order valence-corrected chi connectivity index (χ1v) is 7.22. The second kappa shape index (κ2) is 6.91. The van der Waals surface area contributed by atoms with E-state index in [-0.39, 0.29) is 6.61 Å². The van der Waals surface area contributed by atoms with Crippen LogP contribution >= 0.6 is 11.8 Å². The molecule has 7 nitrogen and oxygen atoms in total. The third-order valence-corrected chi connectivity index (χ3v) is 3.13. The van der Waals surface area contributed by atoms with Gasteiger partial charge in [-0.25, -0.2) is 14.8 Å². The monoisotopic (exact) mass is 306 g/mol. The molecular weight excluding hydrogens is 292 g/mol. The lowest BCUT2D eigenvalue weighted by Gasteiger charge is -2.11. The quantitative estimate of drug-likeness (QED) is 0.496. The molecule has 1 aromatic carbocycles. The zero-order valence-electron chi connectivity index (χ0n) is 11.2. The molecule has 0 radical (unpaired) electrons. The van der Waals surface area contributed by atoms with Crippen LogP contribution in [0.15, 0.2) is 35.6 Å². The Hall–Kier alpha value is -2.32. The second-order valence-corrected chi connectivity index (χ2v) is 4.80. The van der Waals surface area contributed by atoms with E-state index in [9.17, 15) is 9.90 Å². The Morgan fingerprint density at radius 3 is 2.81 bits per heavy atom. The molecular formula is C13H14N4O3S. The maximum atomic E-state index is 10.6. The normalized spacial score (nSPS) is 10.2. The van der Waals surface area contributed by atoms with Gasteiger partial charge >= 0.3 is 6.09 Å². The number of aliphatic hydroxyl groups excluding tert-OH is 1. The van der Waals surface area contributed by atoms with E-state index in [1.54, 1.807) is 30.5 Å². The summed E-state index contributed by atoms with van der Waals surface area (Å²) in [6.07, 6.45) is 2.28. The molecule has 0 unspecified atom stereocenters. The largest absolute Gasteiger partial charge is 0.465 e. The van der Waals surface area contributed by atoms with Gasteiger partial charge < -0.3 is 15.5 Å². The maximum absolute atomic E-state index is 10.6. The van der Waals surface area contributed by atoms with Crippen LogP contribution in [0.2, 0.25) is 0 Å². The average Bonchev–Trinajstić information content (AvgIpc) is 2.47. The van der Waals surface area contributed by atoms with E-state index in [4.69, 9.17) is 5.11 Å². The third-order valence-electron chi connectivity index (χ3n) is 2.57. The molecule has 110 valence electrons. The molecule has 1 aromatic heterocycles. The van der Waals surface area contributed by atoms with Crippen molar-refractivity contribution in [3.05, 3.63) is 36.0 Å². The summed E-state index contributed by atoms with van der Waals surface area (Å²) >= 11 is 1.39. The summed E-state index contributed by atoms with van der Waals surface area (Å²) in [5.41, 5.74) is 1.66. The van der Waals surface area contributed by atoms with Crippen LogP contribution in [-0.4, -0.2) is 32.5 Å². The van der Waals surface area contributed by atoms with Crippen LogP contribution in [0.5, 0.6) is 0 Å². The lowest BCUT2D eigenvalue weighted by molar-refractivity contribution is 0.210. The molecule has 1 amide bonds. The van der Waals surface area contributed by atoms with Gasteiger partial charge in [-0.1, -0.05) is 17.8 Å². The summed E-state index contributed by atoms with van der Waals surface area (Å²) in [4.78, 5) is 19.0. The fraction of sp³-hybridized carbons (Fsp3) is 0.154. The number of aliphatic hydroxyl groups is 1. The van der Waals surface area contributed by atoms with Crippen molar-refractivity contribution in [3.8, 4) is 0 Å². The van der Waals surface area contributed by atoms with Crippen molar-refractivity contribution in [1.29, 1.82) is 0 Å². The molecule has 0 aliphatic carbocycles. The summed E-state index contributed by atoms with van der Waals surface area (Å²) in [6.45, 7) is -0.190. The van der Waals surface area contributed by atoms with Crippen LogP contribution in [0.1, 0.15) is 5.56 Å². The van der Waals surface area contributed by atoms with E-state index in [1.165, 1.54) is 11.8 Å². The average molecular weight is 306 g/mol. The van der Waals surface area contributed by atoms with Gasteiger partial charge in [-0.05, 0) is 24.5 Å². The number of thioether (sulfide) groups is 1. The van der Waals surface area contributed by atoms with Crippen molar-refractivity contribution in [2.75, 3.05) is 16.9 Å². The maximum Gasteiger partial charge on any atom is 0.409 e. The number of nitrogens with one attached hydrogen (secondary N) is 2. The minimum absolute atomic E-state index is 0.190. The highest BCUT2D eigenvalue weighted by molar-refractivity contribution is 7.98. The van der Waals surface area contributed by atoms with Crippen molar-refractivity contribution in [2.45, 2.75) is 11.8 Å². The van der Waals surface area contributed by atoms with Crippen LogP contribution in [0.25, 0.3) is 0 Å². The Morgan fingerprint density at radius 2 is 2.14 bits per heavy atom. The number of rotatable bonds is 5. The van der Waals surface area contributed by atoms with Crippen LogP contribution in [0.3, 0.4) is 0 Å². The molecule has 4 N–H and O–H groups in total. The zero-order valence-corrected chi connectivity index (χ0v) is 12.0. The molecule has 8 heteroatoms. The number of hydrogen-bond acceptors (Lipinski definition) is 6. The van der Waals surface area contributed by atoms with Gasteiger partial charge in [0.25, 0.3) is 0 Å². The highest BCUT2D eigenvalue weighted by Gasteiger charge is 2.07. The van der Waals surface area contributed by atoms with Crippen LogP contribution in [0.4, 0.5) is 22.0 Å². The van der Waals surface area contributed by atoms with E-state index in [2.05, 4.69) is 20.6 Å². The SMILES string of the molecule is CSc1ncc(CO)c(Nc2cccc(NC(=O)O)c2)n1. The molecule has 1 heterocycles. The van der Waals surface area contributed by atoms with E-state index in [0.29, 0.717) is 27.9 Å². The minimum atomic E-state index is -1.13. The predicted molar refractivity (Wildman–Crippen MR) is 81.1 cm³/mol. The first-order valence-electron chi connectivity index (χ1n) is 6.00. The lowest BCUT2D eigenvalue weighted by atomic mass is 10.2. The van der Waals surface area contributed by atoms with E-state index < -0.39 is 6.09 Å². The summed E-state index contributed by atoms with van der Waals surface area (Å²) in [5, 5.41) is 23.9. The first-order chi connectivity index (χ1) is 10.1. The molecule has 0 aliphatic rings. The van der Waals surface area contributed by atoms with E-state index in [0.717, 1.165) is 0 Å². The van der Waals surface area contributed by atoms with Crippen LogP contribution < -0.4 is 10.6 Å². The molecule has 0 saturated heterocycles. The smallest absolute Gasteiger partial charge is 0.409 e. The van der Waals surface area contributed by atoms with Crippen molar-refractivity contribution >= 4 is 35.0 Å². The number of amides is 1. The van der Waals surface area contributed by atoms with Crippen molar-refractivity contribution in [3.63, 3.8) is 0 Å². The molecule has 2 aromatic rings. The van der Waals surface area contributed by atoms with Gasteiger partial charge in [0.2, 0.25) is 0 Å². The molecule has 21 heavy (non-hydrogen) atoms. The molecule has 2 rings (SSSR count). The second-order valence-electron chi connectivity index (χ2n) is 4.02. The van der Waals surface area contributed by atoms with Crippen molar-refractivity contribution in [2.24, 2.45) is 0 Å². The molecule has 0 fully saturated rings. The standard InChI is InChI=1S/C13H14N4O3S/c1-21-12-14-6-8(7-18)11(17-12)15-9-3-2-4-10(5-9)16-13(19)20/h2-6,16,18H,7H2,1H3,(H,19,20)(H,14,15,17). The van der Waals surface area contributed by atoms with Crippen LogP contribution in [0, 0.1) is 0 Å². The minimum Gasteiger partial charge on any atom is -0.465 e. The number of carbonyl (C=O) groups is 1. The molecule has 0 aliphatic heterocycles. The predicted octanol–water partition coefficient (Wildman–Crippen LogP) is 2.52. The van der Waals surface area contributed by atoms with E-state index in [1.807, 2.05) is 6.26 Å². The number of benzene rings is 1. The Kier molecular flexibility index (Phi) is 4.96. The summed E-state index contributed by atoms with van der Waals surface area (Å²) < 4.78 is 0. The number of aromatic nitrogens is 2. The third kappa shape index (κ3) is 4.07.